The molecular formula is C41H48N4O4. The maximum atomic E-state index is 14.1. The SMILES string of the molecule is CCCCN(C(=O)Nc1c(C(C)C)cc(-c2cccc(OCCCOCc3ccccc3)c2)cc1C(C)C)c1cc2cccnc2[nH]c1=O. The second-order valence-electron chi connectivity index (χ2n) is 13.0. The van der Waals surface area contributed by atoms with E-state index in [9.17, 15) is 9.59 Å². The van der Waals surface area contributed by atoms with Gasteiger partial charge in [0.1, 0.15) is 17.1 Å². The first-order chi connectivity index (χ1) is 23.7. The van der Waals surface area contributed by atoms with E-state index in [4.69, 9.17) is 9.47 Å². The first-order valence-corrected chi connectivity index (χ1v) is 17.3. The van der Waals surface area contributed by atoms with Gasteiger partial charge in [-0.1, -0.05) is 83.5 Å². The smallest absolute Gasteiger partial charge is 0.326 e. The monoisotopic (exact) mass is 660 g/mol. The van der Waals surface area contributed by atoms with Crippen LogP contribution in [0.2, 0.25) is 0 Å². The maximum absolute atomic E-state index is 14.1. The molecule has 0 unspecified atom stereocenters. The molecule has 8 nitrogen and oxygen atoms in total. The lowest BCUT2D eigenvalue weighted by Crippen LogP contribution is -2.39. The molecule has 0 spiro atoms. The predicted octanol–water partition coefficient (Wildman–Crippen LogP) is 9.66. The molecule has 256 valence electrons. The average Bonchev–Trinajstić information content (AvgIpc) is 3.10. The molecule has 5 rings (SSSR count). The second-order valence-corrected chi connectivity index (χ2v) is 13.0. The van der Waals surface area contributed by atoms with Gasteiger partial charge in [-0.25, -0.2) is 9.78 Å². The average molecular weight is 661 g/mol. The summed E-state index contributed by atoms with van der Waals surface area (Å²) in [4.78, 5) is 36.0. The van der Waals surface area contributed by atoms with Gasteiger partial charge in [0.2, 0.25) is 0 Å². The molecule has 0 saturated carbocycles. The highest BCUT2D eigenvalue weighted by molar-refractivity contribution is 6.03. The summed E-state index contributed by atoms with van der Waals surface area (Å²) in [5.74, 6) is 1.06. The van der Waals surface area contributed by atoms with Gasteiger partial charge in [-0.3, -0.25) is 9.69 Å². The van der Waals surface area contributed by atoms with Crippen LogP contribution in [0.15, 0.2) is 95.9 Å². The van der Waals surface area contributed by atoms with E-state index in [1.807, 2.05) is 42.5 Å². The number of rotatable bonds is 15. The Morgan fingerprint density at radius 3 is 2.33 bits per heavy atom. The number of nitrogens with zero attached hydrogens (tertiary/aromatic N) is 2. The molecule has 0 bridgehead atoms. The number of anilines is 2. The molecular weight excluding hydrogens is 612 g/mol. The number of aromatic nitrogens is 2. The van der Waals surface area contributed by atoms with Crippen LogP contribution in [0.5, 0.6) is 5.75 Å². The van der Waals surface area contributed by atoms with Crippen LogP contribution in [0, 0.1) is 0 Å². The first kappa shape index (κ1) is 35.4. The Bertz CT molecular complexity index is 1870. The number of H-pyrrole nitrogens is 1. The fourth-order valence-corrected chi connectivity index (χ4v) is 5.84. The third-order valence-corrected chi connectivity index (χ3v) is 8.52. The molecule has 0 atom stereocenters. The standard InChI is InChI=1S/C41H48N4O4/c1-6-7-20-45(37-26-32-17-12-19-42-39(32)44-40(37)46)41(47)43-38-35(28(2)3)24-33(25-36(38)29(4)5)31-16-11-18-34(23-31)49-22-13-21-48-27-30-14-9-8-10-15-30/h8-12,14-19,23-26,28-29H,6-7,13,20-22,27H2,1-5H3,(H,43,47)(H,42,44,46). The molecule has 3 aromatic carbocycles. The molecule has 2 heterocycles. The summed E-state index contributed by atoms with van der Waals surface area (Å²) in [5, 5.41) is 4.02. The predicted molar refractivity (Wildman–Crippen MR) is 200 cm³/mol. The van der Waals surface area contributed by atoms with E-state index in [2.05, 4.69) is 86.3 Å². The summed E-state index contributed by atoms with van der Waals surface area (Å²) in [7, 11) is 0. The maximum Gasteiger partial charge on any atom is 0.326 e. The molecule has 0 fully saturated rings. The lowest BCUT2D eigenvalue weighted by molar-refractivity contribution is 0.107. The highest BCUT2D eigenvalue weighted by Gasteiger charge is 2.24. The molecule has 2 amide bonds. The van der Waals surface area contributed by atoms with Crippen molar-refractivity contribution in [3.63, 3.8) is 0 Å². The molecule has 8 heteroatoms. The molecule has 2 aromatic heterocycles. The van der Waals surface area contributed by atoms with Crippen LogP contribution in [0.4, 0.5) is 16.2 Å². The first-order valence-electron chi connectivity index (χ1n) is 17.3. The van der Waals surface area contributed by atoms with E-state index >= 15 is 0 Å². The number of hydrogen-bond acceptors (Lipinski definition) is 5. The largest absolute Gasteiger partial charge is 0.493 e. The van der Waals surface area contributed by atoms with Crippen LogP contribution in [0.1, 0.15) is 82.4 Å². The highest BCUT2D eigenvalue weighted by Crippen LogP contribution is 2.38. The Morgan fingerprint density at radius 1 is 0.857 bits per heavy atom. The van der Waals surface area contributed by atoms with E-state index in [0.717, 1.165) is 63.9 Å². The third kappa shape index (κ3) is 9.15. The lowest BCUT2D eigenvalue weighted by Gasteiger charge is -2.27. The van der Waals surface area contributed by atoms with Crippen molar-refractivity contribution in [3.8, 4) is 16.9 Å². The van der Waals surface area contributed by atoms with Crippen molar-refractivity contribution in [2.45, 2.75) is 72.3 Å². The minimum atomic E-state index is -0.345. The summed E-state index contributed by atoms with van der Waals surface area (Å²) < 4.78 is 11.9. The van der Waals surface area contributed by atoms with Gasteiger partial charge >= 0.3 is 6.03 Å². The Labute approximate surface area is 289 Å². The molecule has 0 radical (unpaired) electrons. The third-order valence-electron chi connectivity index (χ3n) is 8.52. The highest BCUT2D eigenvalue weighted by atomic mass is 16.5. The zero-order valence-corrected chi connectivity index (χ0v) is 29.3. The molecule has 0 aliphatic rings. The normalized spacial score (nSPS) is 11.3. The van der Waals surface area contributed by atoms with Crippen LogP contribution in [-0.2, 0) is 11.3 Å². The lowest BCUT2D eigenvalue weighted by atomic mass is 9.88. The Kier molecular flexibility index (Phi) is 12.2. The number of benzene rings is 3. The van der Waals surface area contributed by atoms with Crippen LogP contribution in [0.3, 0.4) is 0 Å². The van der Waals surface area contributed by atoms with E-state index in [1.54, 1.807) is 17.2 Å². The van der Waals surface area contributed by atoms with Crippen LogP contribution in [0.25, 0.3) is 22.2 Å². The Balaban J connectivity index is 1.36. The van der Waals surface area contributed by atoms with Crippen molar-refractivity contribution in [3.05, 3.63) is 118 Å². The van der Waals surface area contributed by atoms with Crippen molar-refractivity contribution >= 4 is 28.4 Å². The number of fused-ring (bicyclic) bond motifs is 1. The number of unbranched alkanes of at least 4 members (excludes halogenated alkanes) is 1. The zero-order chi connectivity index (χ0) is 34.8. The van der Waals surface area contributed by atoms with Crippen molar-refractivity contribution in [2.75, 3.05) is 30.0 Å². The molecule has 2 N–H and O–H groups in total. The molecule has 0 saturated heterocycles. The molecule has 0 aliphatic carbocycles. The number of aromatic amines is 1. The van der Waals surface area contributed by atoms with Crippen molar-refractivity contribution in [1.29, 1.82) is 0 Å². The summed E-state index contributed by atoms with van der Waals surface area (Å²) in [6.45, 7) is 12.8. The number of pyridine rings is 2. The molecule has 49 heavy (non-hydrogen) atoms. The number of carbonyl (C=O) groups excluding carboxylic acids is 1. The number of carbonyl (C=O) groups is 1. The topological polar surface area (TPSA) is 96.6 Å². The quantitative estimate of drug-likeness (QED) is 0.109. The van der Waals surface area contributed by atoms with Crippen molar-refractivity contribution in [2.24, 2.45) is 0 Å². The van der Waals surface area contributed by atoms with E-state index in [1.165, 1.54) is 0 Å². The van der Waals surface area contributed by atoms with Gasteiger partial charge in [0.05, 0.1) is 19.8 Å². The van der Waals surface area contributed by atoms with Crippen LogP contribution in [-0.4, -0.2) is 35.8 Å². The zero-order valence-electron chi connectivity index (χ0n) is 29.3. The Morgan fingerprint density at radius 2 is 1.61 bits per heavy atom. The van der Waals surface area contributed by atoms with Gasteiger partial charge in [-0.05, 0) is 88.5 Å². The number of urea groups is 1. The number of ether oxygens (including phenoxy) is 2. The summed E-state index contributed by atoms with van der Waals surface area (Å²) >= 11 is 0. The van der Waals surface area contributed by atoms with Crippen molar-refractivity contribution < 1.29 is 14.3 Å². The molecule has 5 aromatic rings. The minimum Gasteiger partial charge on any atom is -0.493 e. The molecule has 0 aliphatic heterocycles. The van der Waals surface area contributed by atoms with Gasteiger partial charge in [-0.15, -0.1) is 0 Å². The van der Waals surface area contributed by atoms with Gasteiger partial charge in [0, 0.05) is 30.2 Å². The van der Waals surface area contributed by atoms with Gasteiger partial charge < -0.3 is 19.8 Å². The fraction of sp³-hybridized carbons (Fsp3) is 0.341. The second kappa shape index (κ2) is 16.9. The number of amides is 2. The van der Waals surface area contributed by atoms with Crippen molar-refractivity contribution in [1.82, 2.24) is 9.97 Å². The van der Waals surface area contributed by atoms with Gasteiger partial charge in [-0.2, -0.15) is 0 Å². The van der Waals surface area contributed by atoms with Crippen LogP contribution >= 0.6 is 0 Å². The Hall–Kier alpha value is -4.95. The van der Waals surface area contributed by atoms with E-state index in [0.29, 0.717) is 37.7 Å². The van der Waals surface area contributed by atoms with Gasteiger partial charge in [0.25, 0.3) is 5.56 Å². The van der Waals surface area contributed by atoms with Crippen LogP contribution < -0.4 is 20.5 Å². The van der Waals surface area contributed by atoms with E-state index < -0.39 is 0 Å². The number of nitrogens with one attached hydrogen (secondary N) is 2. The summed E-state index contributed by atoms with van der Waals surface area (Å²) in [6.07, 6.45) is 4.06. The fourth-order valence-electron chi connectivity index (χ4n) is 5.84. The number of hydrogen-bond donors (Lipinski definition) is 2. The summed E-state index contributed by atoms with van der Waals surface area (Å²) in [6, 6.07) is 27.7. The van der Waals surface area contributed by atoms with E-state index in [-0.39, 0.29) is 23.4 Å². The minimum absolute atomic E-state index is 0.127. The summed E-state index contributed by atoms with van der Waals surface area (Å²) in [5.41, 5.74) is 6.57. The van der Waals surface area contributed by atoms with Gasteiger partial charge in [0.15, 0.2) is 0 Å².